The summed E-state index contributed by atoms with van der Waals surface area (Å²) in [4.78, 5) is 33.1. The molecule has 10 heteroatoms. The Bertz CT molecular complexity index is 1060. The molecule has 166 valence electrons. The molecule has 2 heterocycles. The minimum atomic E-state index is -4.68. The summed E-state index contributed by atoms with van der Waals surface area (Å²) in [6.07, 6.45) is -1.47. The van der Waals surface area contributed by atoms with Gasteiger partial charge in [0.25, 0.3) is 5.91 Å². The molecule has 1 aromatic carbocycles. The summed E-state index contributed by atoms with van der Waals surface area (Å²) in [6.45, 7) is 0.398. The van der Waals surface area contributed by atoms with Gasteiger partial charge in [0.15, 0.2) is 0 Å². The lowest BCUT2D eigenvalue weighted by Gasteiger charge is -2.41. The molecular formula is C22H20F3N5O2. The number of aromatic nitrogens is 1. The second-order valence-electron chi connectivity index (χ2n) is 7.80. The van der Waals surface area contributed by atoms with Gasteiger partial charge in [-0.15, -0.1) is 0 Å². The Kier molecular flexibility index (Phi) is 5.74. The molecule has 1 unspecified atom stereocenters. The van der Waals surface area contributed by atoms with E-state index in [1.807, 2.05) is 0 Å². The van der Waals surface area contributed by atoms with Gasteiger partial charge in [0, 0.05) is 37.6 Å². The summed E-state index contributed by atoms with van der Waals surface area (Å²) in [5, 5.41) is 11.9. The van der Waals surface area contributed by atoms with Gasteiger partial charge in [0.1, 0.15) is 11.7 Å². The number of carbonyl (C=O) groups excluding carboxylic acids is 2. The van der Waals surface area contributed by atoms with Crippen molar-refractivity contribution >= 4 is 17.5 Å². The van der Waals surface area contributed by atoms with Crippen LogP contribution < -0.4 is 10.2 Å². The van der Waals surface area contributed by atoms with Gasteiger partial charge >= 0.3 is 6.18 Å². The Labute approximate surface area is 182 Å². The topological polar surface area (TPSA) is 89.3 Å². The highest BCUT2D eigenvalue weighted by Crippen LogP contribution is 2.35. The summed E-state index contributed by atoms with van der Waals surface area (Å²) in [6, 6.07) is 9.13. The van der Waals surface area contributed by atoms with Gasteiger partial charge in [-0.05, 0) is 43.2 Å². The van der Waals surface area contributed by atoms with Crippen molar-refractivity contribution in [2.45, 2.75) is 31.1 Å². The van der Waals surface area contributed by atoms with Crippen LogP contribution in [0.15, 0.2) is 42.6 Å². The average Bonchev–Trinajstić information content (AvgIpc) is 3.61. The van der Waals surface area contributed by atoms with Crippen molar-refractivity contribution in [3.8, 4) is 6.07 Å². The van der Waals surface area contributed by atoms with Crippen LogP contribution in [0.2, 0.25) is 0 Å². The molecule has 0 bridgehead atoms. The molecule has 1 N–H and O–H groups in total. The first-order valence-corrected chi connectivity index (χ1v) is 10.2. The second-order valence-corrected chi connectivity index (χ2v) is 7.80. The predicted molar refractivity (Wildman–Crippen MR) is 109 cm³/mol. The minimum Gasteiger partial charge on any atom is -0.367 e. The normalized spacial score (nSPS) is 18.8. The van der Waals surface area contributed by atoms with Crippen LogP contribution >= 0.6 is 0 Å². The van der Waals surface area contributed by atoms with E-state index in [-0.39, 0.29) is 43.0 Å². The molecule has 1 saturated heterocycles. The molecule has 1 aliphatic heterocycles. The van der Waals surface area contributed by atoms with E-state index in [0.717, 1.165) is 25.0 Å². The SMILES string of the molecule is N#Cc1ccc(N2CCN(C(=O)c3ccccn3)C(C(=O)NC3CC3)C2)cc1C(F)(F)F. The molecule has 7 nitrogen and oxygen atoms in total. The molecule has 1 aromatic heterocycles. The lowest BCUT2D eigenvalue weighted by Crippen LogP contribution is -2.61. The van der Waals surface area contributed by atoms with Crippen molar-refractivity contribution in [3.05, 3.63) is 59.4 Å². The van der Waals surface area contributed by atoms with Crippen LogP contribution in [0.4, 0.5) is 18.9 Å². The molecule has 1 aliphatic carbocycles. The van der Waals surface area contributed by atoms with Crippen LogP contribution in [0.1, 0.15) is 34.5 Å². The van der Waals surface area contributed by atoms with Gasteiger partial charge in [-0.25, -0.2) is 0 Å². The zero-order chi connectivity index (χ0) is 22.9. The number of rotatable bonds is 4. The number of anilines is 1. The number of halogens is 3. The van der Waals surface area contributed by atoms with Crippen molar-refractivity contribution in [2.75, 3.05) is 24.5 Å². The van der Waals surface area contributed by atoms with Crippen molar-refractivity contribution in [1.29, 1.82) is 5.26 Å². The van der Waals surface area contributed by atoms with Crippen molar-refractivity contribution in [2.24, 2.45) is 0 Å². The second kappa shape index (κ2) is 8.49. The first kappa shape index (κ1) is 21.6. The molecule has 2 aromatic rings. The Balaban J connectivity index is 1.61. The van der Waals surface area contributed by atoms with Crippen LogP contribution in [0.25, 0.3) is 0 Å². The van der Waals surface area contributed by atoms with Gasteiger partial charge in [-0.1, -0.05) is 6.07 Å². The quantitative estimate of drug-likeness (QED) is 0.785. The van der Waals surface area contributed by atoms with Crippen LogP contribution in [0.3, 0.4) is 0 Å². The first-order chi connectivity index (χ1) is 15.3. The third-order valence-corrected chi connectivity index (χ3v) is 5.55. The fraction of sp³-hybridized carbons (Fsp3) is 0.364. The summed E-state index contributed by atoms with van der Waals surface area (Å²) in [5.41, 5.74) is -1.05. The van der Waals surface area contributed by atoms with E-state index >= 15 is 0 Å². The molecule has 0 spiro atoms. The number of carbonyl (C=O) groups is 2. The molecule has 32 heavy (non-hydrogen) atoms. The van der Waals surface area contributed by atoms with Gasteiger partial charge < -0.3 is 15.1 Å². The van der Waals surface area contributed by atoms with Gasteiger partial charge in [-0.3, -0.25) is 14.6 Å². The number of amides is 2. The number of hydrogen-bond donors (Lipinski definition) is 1. The molecular weight excluding hydrogens is 423 g/mol. The van der Waals surface area contributed by atoms with Crippen molar-refractivity contribution < 1.29 is 22.8 Å². The Hall–Kier alpha value is -3.61. The molecule has 2 aliphatic rings. The van der Waals surface area contributed by atoms with Crippen LogP contribution in [-0.4, -0.2) is 53.4 Å². The van der Waals surface area contributed by atoms with Crippen LogP contribution in [0.5, 0.6) is 0 Å². The lowest BCUT2D eigenvalue weighted by atomic mass is 10.0. The maximum Gasteiger partial charge on any atom is 0.417 e. The van der Waals surface area contributed by atoms with E-state index < -0.39 is 29.3 Å². The van der Waals surface area contributed by atoms with Crippen molar-refractivity contribution in [3.63, 3.8) is 0 Å². The molecule has 1 saturated carbocycles. The van der Waals surface area contributed by atoms with E-state index in [9.17, 15) is 22.8 Å². The molecule has 4 rings (SSSR count). The number of benzene rings is 1. The highest BCUT2D eigenvalue weighted by atomic mass is 19.4. The molecule has 2 fully saturated rings. The zero-order valence-electron chi connectivity index (χ0n) is 17.0. The number of hydrogen-bond acceptors (Lipinski definition) is 5. The number of nitriles is 1. The van der Waals surface area contributed by atoms with Gasteiger partial charge in [-0.2, -0.15) is 18.4 Å². The molecule has 1 atom stereocenters. The molecule has 2 amide bonds. The fourth-order valence-corrected chi connectivity index (χ4v) is 3.71. The van der Waals surface area contributed by atoms with E-state index in [0.29, 0.717) is 0 Å². The summed E-state index contributed by atoms with van der Waals surface area (Å²) in [5.74, 6) is -0.747. The maximum absolute atomic E-state index is 13.4. The number of alkyl halides is 3. The van der Waals surface area contributed by atoms with E-state index in [4.69, 9.17) is 5.26 Å². The third kappa shape index (κ3) is 4.51. The number of nitrogens with one attached hydrogen (secondary N) is 1. The Morgan fingerprint density at radius 1 is 1.16 bits per heavy atom. The number of nitrogens with zero attached hydrogens (tertiary/aromatic N) is 4. The highest BCUT2D eigenvalue weighted by Gasteiger charge is 2.39. The van der Waals surface area contributed by atoms with E-state index in [2.05, 4.69) is 10.3 Å². The monoisotopic (exact) mass is 443 g/mol. The van der Waals surface area contributed by atoms with Gasteiger partial charge in [0.2, 0.25) is 5.91 Å². The zero-order valence-corrected chi connectivity index (χ0v) is 17.0. The smallest absolute Gasteiger partial charge is 0.367 e. The standard InChI is InChI=1S/C22H20F3N5O2/c23-22(24,25)17-11-16(7-4-14(17)12-26)29-9-10-30(21(32)18-3-1-2-8-27-18)19(13-29)20(31)28-15-5-6-15/h1-4,7-8,11,15,19H,5-6,9-10,13H2,(H,28,31). The van der Waals surface area contributed by atoms with Crippen molar-refractivity contribution in [1.82, 2.24) is 15.2 Å². The van der Waals surface area contributed by atoms with E-state index in [1.54, 1.807) is 29.2 Å². The summed E-state index contributed by atoms with van der Waals surface area (Å²) in [7, 11) is 0. The Morgan fingerprint density at radius 2 is 1.94 bits per heavy atom. The maximum atomic E-state index is 13.4. The van der Waals surface area contributed by atoms with Crippen LogP contribution in [0, 0.1) is 11.3 Å². The number of pyridine rings is 1. The van der Waals surface area contributed by atoms with Gasteiger partial charge in [0.05, 0.1) is 17.2 Å². The number of piperazine rings is 1. The lowest BCUT2D eigenvalue weighted by molar-refractivity contribution is -0.137. The average molecular weight is 443 g/mol. The summed E-state index contributed by atoms with van der Waals surface area (Å²) < 4.78 is 40.2. The third-order valence-electron chi connectivity index (χ3n) is 5.55. The van der Waals surface area contributed by atoms with E-state index in [1.165, 1.54) is 17.2 Å². The summed E-state index contributed by atoms with van der Waals surface area (Å²) >= 11 is 0. The van der Waals surface area contributed by atoms with Crippen LogP contribution in [-0.2, 0) is 11.0 Å². The predicted octanol–water partition coefficient (Wildman–Crippen LogP) is 2.58. The largest absolute Gasteiger partial charge is 0.417 e. The molecule has 0 radical (unpaired) electrons. The first-order valence-electron chi connectivity index (χ1n) is 10.2. The Morgan fingerprint density at radius 3 is 2.56 bits per heavy atom. The minimum absolute atomic E-state index is 0.0281. The highest BCUT2D eigenvalue weighted by molar-refractivity contribution is 5.96. The fourth-order valence-electron chi connectivity index (χ4n) is 3.71.